The van der Waals surface area contributed by atoms with E-state index in [1.165, 1.54) is 0 Å². The molecular formula is C21H29F3N4O. The third kappa shape index (κ3) is 6.52. The van der Waals surface area contributed by atoms with E-state index in [-0.39, 0.29) is 24.0 Å². The highest BCUT2D eigenvalue weighted by Gasteiger charge is 2.27. The lowest BCUT2D eigenvalue weighted by Crippen LogP contribution is -2.39. The molecule has 2 N–H and O–H groups in total. The maximum absolute atomic E-state index is 12.2. The molecule has 0 saturated heterocycles. The summed E-state index contributed by atoms with van der Waals surface area (Å²) < 4.78 is 41.7. The first-order valence-electron chi connectivity index (χ1n) is 9.52. The largest absolute Gasteiger partial charge is 0.477 e. The Hall–Kier alpha value is -2.48. The number of ether oxygens (including phenoxy) is 1. The Bertz CT molecular complexity index is 743. The minimum absolute atomic E-state index is 0.0558. The van der Waals surface area contributed by atoms with Gasteiger partial charge in [0.2, 0.25) is 5.88 Å². The highest BCUT2D eigenvalue weighted by molar-refractivity contribution is 5.33. The molecule has 0 spiro atoms. The fourth-order valence-electron chi connectivity index (χ4n) is 3.03. The fraction of sp³-hybridized carbons (Fsp3) is 0.476. The average Bonchev–Trinajstić information content (AvgIpc) is 2.67. The van der Waals surface area contributed by atoms with Gasteiger partial charge in [-0.2, -0.15) is 13.2 Å². The standard InChI is InChI=1S/C21H29F3N4O/c1-6-18(16-7-8-20(26-13-16)29-10-9-21(22,23)24)27-15(3)17-11-14(2)28(5)19(12-17)25-4/h6-8,11-15,18,25,27H,1,9-10H2,2-5H3. The quantitative estimate of drug-likeness (QED) is 0.604. The van der Waals surface area contributed by atoms with Crippen LogP contribution in [0.2, 0.25) is 0 Å². The van der Waals surface area contributed by atoms with Crippen LogP contribution in [0.5, 0.6) is 5.88 Å². The Balaban J connectivity index is 2.01. The normalized spacial score (nSPS) is 19.1. The number of halogens is 3. The van der Waals surface area contributed by atoms with E-state index in [1.807, 2.05) is 14.1 Å². The van der Waals surface area contributed by atoms with E-state index in [0.717, 1.165) is 17.0 Å². The predicted molar refractivity (Wildman–Crippen MR) is 108 cm³/mol. The number of hydrogen-bond acceptors (Lipinski definition) is 5. The van der Waals surface area contributed by atoms with Gasteiger partial charge in [-0.05, 0) is 31.1 Å². The molecular weight excluding hydrogens is 381 g/mol. The highest BCUT2D eigenvalue weighted by atomic mass is 19.4. The molecule has 0 amide bonds. The van der Waals surface area contributed by atoms with Crippen molar-refractivity contribution >= 4 is 0 Å². The van der Waals surface area contributed by atoms with E-state index in [0.29, 0.717) is 0 Å². The van der Waals surface area contributed by atoms with Gasteiger partial charge in [-0.25, -0.2) is 4.98 Å². The molecule has 160 valence electrons. The molecule has 0 aromatic carbocycles. The van der Waals surface area contributed by atoms with Crippen molar-refractivity contribution in [2.45, 2.75) is 44.6 Å². The summed E-state index contributed by atoms with van der Waals surface area (Å²) in [4.78, 5) is 6.27. The van der Waals surface area contributed by atoms with Gasteiger partial charge < -0.3 is 20.3 Å². The summed E-state index contributed by atoms with van der Waals surface area (Å²) >= 11 is 0. The Morgan fingerprint density at radius 3 is 2.66 bits per heavy atom. The van der Waals surface area contributed by atoms with Crippen LogP contribution in [0.15, 0.2) is 54.5 Å². The summed E-state index contributed by atoms with van der Waals surface area (Å²) in [6, 6.07) is 3.51. The number of aromatic nitrogens is 1. The first kappa shape index (κ1) is 22.8. The number of hydrogen-bond donors (Lipinski definition) is 2. The zero-order valence-corrected chi connectivity index (χ0v) is 17.3. The maximum atomic E-state index is 12.2. The maximum Gasteiger partial charge on any atom is 0.392 e. The van der Waals surface area contributed by atoms with Gasteiger partial charge in [0.1, 0.15) is 5.82 Å². The van der Waals surface area contributed by atoms with E-state index in [1.54, 1.807) is 24.4 Å². The molecule has 2 rings (SSSR count). The summed E-state index contributed by atoms with van der Waals surface area (Å²) in [5.41, 5.74) is 2.02. The van der Waals surface area contributed by atoms with Crippen LogP contribution in [-0.4, -0.2) is 48.8 Å². The molecule has 2 heterocycles. The molecule has 5 nitrogen and oxygen atoms in total. The van der Waals surface area contributed by atoms with Crippen molar-refractivity contribution in [1.82, 2.24) is 20.5 Å². The van der Waals surface area contributed by atoms with Crippen LogP contribution in [0.3, 0.4) is 0 Å². The van der Waals surface area contributed by atoms with Gasteiger partial charge in [0.15, 0.2) is 0 Å². The second-order valence-corrected chi connectivity index (χ2v) is 7.04. The minimum Gasteiger partial charge on any atom is -0.477 e. The lowest BCUT2D eigenvalue weighted by atomic mass is 9.99. The molecule has 29 heavy (non-hydrogen) atoms. The summed E-state index contributed by atoms with van der Waals surface area (Å²) in [6.45, 7) is 7.65. The SMILES string of the molecule is C=CC(NC(C)C1=CC(C)N(C)C(NC)=C1)c1ccc(OCCC(F)(F)F)nc1. The molecule has 8 heteroatoms. The Labute approximate surface area is 170 Å². The van der Waals surface area contributed by atoms with E-state index < -0.39 is 19.2 Å². The molecule has 1 aliphatic heterocycles. The molecule has 0 saturated carbocycles. The summed E-state index contributed by atoms with van der Waals surface area (Å²) in [6.07, 6.45) is 2.43. The number of rotatable bonds is 9. The summed E-state index contributed by atoms with van der Waals surface area (Å²) in [5, 5.41) is 6.71. The van der Waals surface area contributed by atoms with Gasteiger partial charge in [-0.3, -0.25) is 0 Å². The second-order valence-electron chi connectivity index (χ2n) is 7.04. The van der Waals surface area contributed by atoms with E-state index >= 15 is 0 Å². The van der Waals surface area contributed by atoms with Crippen LogP contribution in [0, 0.1) is 0 Å². The van der Waals surface area contributed by atoms with Crippen molar-refractivity contribution in [3.05, 3.63) is 60.1 Å². The fourth-order valence-corrected chi connectivity index (χ4v) is 3.03. The monoisotopic (exact) mass is 410 g/mol. The van der Waals surface area contributed by atoms with E-state index in [9.17, 15) is 13.2 Å². The van der Waals surface area contributed by atoms with Crippen molar-refractivity contribution in [3.63, 3.8) is 0 Å². The molecule has 1 aromatic rings. The van der Waals surface area contributed by atoms with Crippen LogP contribution >= 0.6 is 0 Å². The van der Waals surface area contributed by atoms with Crippen molar-refractivity contribution in [2.75, 3.05) is 20.7 Å². The molecule has 0 aliphatic carbocycles. The minimum atomic E-state index is -4.24. The van der Waals surface area contributed by atoms with Crippen LogP contribution in [0.25, 0.3) is 0 Å². The Morgan fingerprint density at radius 1 is 1.38 bits per heavy atom. The number of nitrogens with zero attached hydrogens (tertiary/aromatic N) is 2. The summed E-state index contributed by atoms with van der Waals surface area (Å²) in [7, 11) is 3.93. The van der Waals surface area contributed by atoms with Crippen molar-refractivity contribution in [2.24, 2.45) is 0 Å². The third-order valence-electron chi connectivity index (χ3n) is 4.90. The molecule has 0 radical (unpaired) electrons. The molecule has 1 aromatic heterocycles. The number of alkyl halides is 3. The second kappa shape index (κ2) is 9.82. The van der Waals surface area contributed by atoms with Gasteiger partial charge in [0.25, 0.3) is 0 Å². The van der Waals surface area contributed by atoms with Gasteiger partial charge in [-0.1, -0.05) is 18.2 Å². The molecule has 0 bridgehead atoms. The van der Waals surface area contributed by atoms with E-state index in [2.05, 4.69) is 53.1 Å². The molecule has 3 unspecified atom stereocenters. The van der Waals surface area contributed by atoms with Gasteiger partial charge in [0, 0.05) is 38.4 Å². The molecule has 3 atom stereocenters. The molecule has 0 fully saturated rings. The Kier molecular flexibility index (Phi) is 7.73. The zero-order valence-electron chi connectivity index (χ0n) is 17.3. The Morgan fingerprint density at radius 2 is 2.10 bits per heavy atom. The molecule has 1 aliphatic rings. The zero-order chi connectivity index (χ0) is 21.6. The number of pyridine rings is 1. The predicted octanol–water partition coefficient (Wildman–Crippen LogP) is 3.94. The smallest absolute Gasteiger partial charge is 0.392 e. The van der Waals surface area contributed by atoms with Crippen molar-refractivity contribution in [3.8, 4) is 5.88 Å². The average molecular weight is 410 g/mol. The topological polar surface area (TPSA) is 49.4 Å². The van der Waals surface area contributed by atoms with E-state index in [4.69, 9.17) is 4.74 Å². The van der Waals surface area contributed by atoms with Crippen LogP contribution in [0.1, 0.15) is 31.9 Å². The van der Waals surface area contributed by atoms with Crippen LogP contribution < -0.4 is 15.4 Å². The number of likely N-dealkylation sites (N-methyl/N-ethyl adjacent to an activating group) is 1. The first-order valence-corrected chi connectivity index (χ1v) is 9.52. The van der Waals surface area contributed by atoms with Gasteiger partial charge in [-0.15, -0.1) is 6.58 Å². The summed E-state index contributed by atoms with van der Waals surface area (Å²) in [5.74, 6) is 1.21. The number of nitrogens with one attached hydrogen (secondary N) is 2. The lowest BCUT2D eigenvalue weighted by molar-refractivity contribution is -0.139. The van der Waals surface area contributed by atoms with Crippen LogP contribution in [-0.2, 0) is 0 Å². The van der Waals surface area contributed by atoms with Crippen LogP contribution in [0.4, 0.5) is 13.2 Å². The van der Waals surface area contributed by atoms with Crippen molar-refractivity contribution in [1.29, 1.82) is 0 Å². The van der Waals surface area contributed by atoms with Crippen molar-refractivity contribution < 1.29 is 17.9 Å². The highest BCUT2D eigenvalue weighted by Crippen LogP contribution is 2.23. The van der Waals surface area contributed by atoms with Gasteiger partial charge in [0.05, 0.1) is 19.1 Å². The lowest BCUT2D eigenvalue weighted by Gasteiger charge is -2.33. The first-order chi connectivity index (χ1) is 13.6. The third-order valence-corrected chi connectivity index (χ3v) is 4.90. The van der Waals surface area contributed by atoms with Gasteiger partial charge >= 0.3 is 6.18 Å².